The molecular weight excluding hydrogens is 210 g/mol. The van der Waals surface area contributed by atoms with Gasteiger partial charge in [-0.3, -0.25) is 0 Å². The molecule has 1 N–H and O–H groups in total. The highest BCUT2D eigenvalue weighted by atomic mass is 16.5. The van der Waals surface area contributed by atoms with Crippen LogP contribution in [0.3, 0.4) is 0 Å². The van der Waals surface area contributed by atoms with Gasteiger partial charge in [0.2, 0.25) is 0 Å². The highest BCUT2D eigenvalue weighted by molar-refractivity contribution is 4.81. The van der Waals surface area contributed by atoms with Gasteiger partial charge in [-0.05, 0) is 44.1 Å². The number of ether oxygens (including phenoxy) is 1. The van der Waals surface area contributed by atoms with Crippen molar-refractivity contribution in [1.82, 2.24) is 5.32 Å². The molecule has 1 aliphatic rings. The molecule has 0 aromatic rings. The Morgan fingerprint density at radius 2 is 2.00 bits per heavy atom. The van der Waals surface area contributed by atoms with E-state index in [2.05, 4.69) is 33.0 Å². The van der Waals surface area contributed by atoms with Crippen LogP contribution < -0.4 is 5.32 Å². The molecule has 102 valence electrons. The molecule has 0 aromatic heterocycles. The van der Waals surface area contributed by atoms with Gasteiger partial charge in [-0.1, -0.05) is 34.1 Å². The first kappa shape index (κ1) is 15.0. The molecule has 0 heterocycles. The van der Waals surface area contributed by atoms with Crippen molar-refractivity contribution in [2.75, 3.05) is 13.7 Å². The van der Waals surface area contributed by atoms with Crippen molar-refractivity contribution in [2.45, 2.75) is 65.5 Å². The van der Waals surface area contributed by atoms with Crippen LogP contribution >= 0.6 is 0 Å². The summed E-state index contributed by atoms with van der Waals surface area (Å²) in [6.45, 7) is 10.1. The Kier molecular flexibility index (Phi) is 6.50. The van der Waals surface area contributed by atoms with Gasteiger partial charge in [0, 0.05) is 6.04 Å². The van der Waals surface area contributed by atoms with Gasteiger partial charge in [-0.25, -0.2) is 0 Å². The second-order valence-electron chi connectivity index (χ2n) is 6.09. The molecule has 0 aliphatic heterocycles. The van der Waals surface area contributed by atoms with E-state index in [1.165, 1.54) is 19.3 Å². The summed E-state index contributed by atoms with van der Waals surface area (Å²) in [5.74, 6) is 2.35. The van der Waals surface area contributed by atoms with Crippen molar-refractivity contribution < 1.29 is 4.74 Å². The average molecular weight is 241 g/mol. The molecule has 4 atom stereocenters. The van der Waals surface area contributed by atoms with Crippen LogP contribution in [-0.2, 0) is 4.74 Å². The quantitative estimate of drug-likeness (QED) is 0.769. The predicted octanol–water partition coefficient (Wildman–Crippen LogP) is 3.46. The van der Waals surface area contributed by atoms with Crippen LogP contribution in [0.25, 0.3) is 0 Å². The Balaban J connectivity index is 2.46. The second kappa shape index (κ2) is 7.38. The van der Waals surface area contributed by atoms with Crippen molar-refractivity contribution in [3.63, 3.8) is 0 Å². The van der Waals surface area contributed by atoms with Crippen molar-refractivity contribution >= 4 is 0 Å². The van der Waals surface area contributed by atoms with Crippen molar-refractivity contribution in [1.29, 1.82) is 0 Å². The smallest absolute Gasteiger partial charge is 0.0623 e. The highest BCUT2D eigenvalue weighted by Gasteiger charge is 2.31. The normalized spacial score (nSPS) is 31.8. The minimum Gasteiger partial charge on any atom is -0.376 e. The molecule has 1 aliphatic carbocycles. The van der Waals surface area contributed by atoms with Crippen LogP contribution in [0.15, 0.2) is 0 Å². The predicted molar refractivity (Wildman–Crippen MR) is 74.2 cm³/mol. The molecule has 0 saturated heterocycles. The fourth-order valence-electron chi connectivity index (χ4n) is 2.95. The zero-order valence-electron chi connectivity index (χ0n) is 12.3. The maximum atomic E-state index is 6.21. The third kappa shape index (κ3) is 4.59. The summed E-state index contributed by atoms with van der Waals surface area (Å²) in [6, 6.07) is 0.514. The van der Waals surface area contributed by atoms with E-state index in [1.54, 1.807) is 0 Å². The standard InChI is InChI=1S/C15H31NO/c1-6-13(16-5)10-17-15-9-12(4)7-8-14(15)11(2)3/h11-16H,6-10H2,1-5H3. The van der Waals surface area contributed by atoms with E-state index in [0.29, 0.717) is 12.1 Å². The van der Waals surface area contributed by atoms with Crippen LogP contribution in [-0.4, -0.2) is 25.8 Å². The highest BCUT2D eigenvalue weighted by Crippen LogP contribution is 2.35. The third-order valence-corrected chi connectivity index (χ3v) is 4.37. The number of hydrogen-bond acceptors (Lipinski definition) is 2. The lowest BCUT2D eigenvalue weighted by molar-refractivity contribution is -0.0455. The summed E-state index contributed by atoms with van der Waals surface area (Å²) in [6.07, 6.45) is 5.61. The summed E-state index contributed by atoms with van der Waals surface area (Å²) in [7, 11) is 2.03. The number of rotatable bonds is 6. The molecule has 2 nitrogen and oxygen atoms in total. The number of hydrogen-bond donors (Lipinski definition) is 1. The summed E-state index contributed by atoms with van der Waals surface area (Å²) < 4.78 is 6.21. The van der Waals surface area contributed by atoms with E-state index in [4.69, 9.17) is 4.74 Å². The van der Waals surface area contributed by atoms with Crippen molar-refractivity contribution in [2.24, 2.45) is 17.8 Å². The van der Waals surface area contributed by atoms with Gasteiger partial charge in [0.1, 0.15) is 0 Å². The van der Waals surface area contributed by atoms with Gasteiger partial charge >= 0.3 is 0 Å². The molecule has 1 fully saturated rings. The molecule has 4 unspecified atom stereocenters. The molecule has 0 radical (unpaired) electrons. The topological polar surface area (TPSA) is 21.3 Å². The Morgan fingerprint density at radius 3 is 2.53 bits per heavy atom. The molecule has 0 aromatic carbocycles. The lowest BCUT2D eigenvalue weighted by Crippen LogP contribution is -2.38. The first-order chi connectivity index (χ1) is 8.08. The lowest BCUT2D eigenvalue weighted by atomic mass is 9.75. The van der Waals surface area contributed by atoms with Crippen molar-refractivity contribution in [3.8, 4) is 0 Å². The largest absolute Gasteiger partial charge is 0.376 e. The molecule has 1 saturated carbocycles. The van der Waals surface area contributed by atoms with E-state index in [9.17, 15) is 0 Å². The van der Waals surface area contributed by atoms with Crippen LogP contribution in [0.1, 0.15) is 53.4 Å². The van der Waals surface area contributed by atoms with Crippen molar-refractivity contribution in [3.05, 3.63) is 0 Å². The minimum absolute atomic E-state index is 0.487. The Bertz CT molecular complexity index is 201. The van der Waals surface area contributed by atoms with Crippen LogP contribution in [0.2, 0.25) is 0 Å². The first-order valence-electron chi connectivity index (χ1n) is 7.37. The molecule has 2 heteroatoms. The first-order valence-corrected chi connectivity index (χ1v) is 7.37. The SMILES string of the molecule is CCC(COC1CC(C)CCC1C(C)C)NC. The zero-order chi connectivity index (χ0) is 12.8. The van der Waals surface area contributed by atoms with Gasteiger partial charge in [0.25, 0.3) is 0 Å². The van der Waals surface area contributed by atoms with E-state index >= 15 is 0 Å². The summed E-state index contributed by atoms with van der Waals surface area (Å²) >= 11 is 0. The zero-order valence-corrected chi connectivity index (χ0v) is 12.3. The number of likely N-dealkylation sites (N-methyl/N-ethyl adjacent to an activating group) is 1. The van der Waals surface area contributed by atoms with E-state index in [-0.39, 0.29) is 0 Å². The second-order valence-corrected chi connectivity index (χ2v) is 6.09. The molecule has 1 rings (SSSR count). The Labute approximate surface area is 108 Å². The third-order valence-electron chi connectivity index (χ3n) is 4.37. The van der Waals surface area contributed by atoms with Crippen LogP contribution in [0.5, 0.6) is 0 Å². The monoisotopic (exact) mass is 241 g/mol. The Morgan fingerprint density at radius 1 is 1.29 bits per heavy atom. The molecular formula is C15H31NO. The lowest BCUT2D eigenvalue weighted by Gasteiger charge is -2.37. The van der Waals surface area contributed by atoms with Gasteiger partial charge in [-0.15, -0.1) is 0 Å². The van der Waals surface area contributed by atoms with Gasteiger partial charge in [-0.2, -0.15) is 0 Å². The molecule has 0 bridgehead atoms. The van der Waals surface area contributed by atoms with E-state index in [1.807, 2.05) is 7.05 Å². The molecule has 0 spiro atoms. The van der Waals surface area contributed by atoms with E-state index in [0.717, 1.165) is 30.8 Å². The summed E-state index contributed by atoms with van der Waals surface area (Å²) in [4.78, 5) is 0. The Hall–Kier alpha value is -0.0800. The fourth-order valence-corrected chi connectivity index (χ4v) is 2.95. The number of nitrogens with one attached hydrogen (secondary N) is 1. The summed E-state index contributed by atoms with van der Waals surface area (Å²) in [5, 5.41) is 3.32. The van der Waals surface area contributed by atoms with E-state index < -0.39 is 0 Å². The fraction of sp³-hybridized carbons (Fsp3) is 1.00. The van der Waals surface area contributed by atoms with Gasteiger partial charge in [0.05, 0.1) is 12.7 Å². The van der Waals surface area contributed by atoms with Crippen LogP contribution in [0, 0.1) is 17.8 Å². The summed E-state index contributed by atoms with van der Waals surface area (Å²) in [5.41, 5.74) is 0. The van der Waals surface area contributed by atoms with Crippen LogP contribution in [0.4, 0.5) is 0 Å². The maximum Gasteiger partial charge on any atom is 0.0623 e. The van der Waals surface area contributed by atoms with Gasteiger partial charge in [0.15, 0.2) is 0 Å². The maximum absolute atomic E-state index is 6.21. The molecule has 17 heavy (non-hydrogen) atoms. The minimum atomic E-state index is 0.487. The average Bonchev–Trinajstić information content (AvgIpc) is 2.30. The molecule has 0 amide bonds. The van der Waals surface area contributed by atoms with Gasteiger partial charge < -0.3 is 10.1 Å².